The van der Waals surface area contributed by atoms with Gasteiger partial charge < -0.3 is 9.84 Å². The molecule has 4 heteroatoms. The van der Waals surface area contributed by atoms with Crippen molar-refractivity contribution in [1.29, 1.82) is 0 Å². The maximum atomic E-state index is 10.4. The lowest BCUT2D eigenvalue weighted by Gasteiger charge is -2.23. The summed E-state index contributed by atoms with van der Waals surface area (Å²) in [6.45, 7) is 5.28. The Morgan fingerprint density at radius 3 is 2.65 bits per heavy atom. The van der Waals surface area contributed by atoms with E-state index in [2.05, 4.69) is 48.5 Å². The molecule has 1 aliphatic carbocycles. The molecule has 0 saturated heterocycles. The second-order valence-corrected chi connectivity index (χ2v) is 7.05. The highest BCUT2D eigenvalue weighted by atomic mass is 16.5. The van der Waals surface area contributed by atoms with Gasteiger partial charge in [0.1, 0.15) is 12.6 Å². The molecule has 1 aromatic carbocycles. The molecule has 1 heterocycles. The van der Waals surface area contributed by atoms with Gasteiger partial charge in [-0.1, -0.05) is 19.3 Å². The summed E-state index contributed by atoms with van der Waals surface area (Å²) in [6, 6.07) is 4.42. The number of aryl methyl sites for hydroxylation is 3. The highest BCUT2D eigenvalue weighted by Crippen LogP contribution is 2.21. The van der Waals surface area contributed by atoms with Crippen LogP contribution in [0.3, 0.4) is 0 Å². The number of aliphatic hydroxyl groups excluding tert-OH is 1. The Morgan fingerprint density at radius 2 is 1.91 bits per heavy atom. The molecule has 0 amide bonds. The smallest absolute Gasteiger partial charge is 0.244 e. The van der Waals surface area contributed by atoms with Crippen molar-refractivity contribution in [2.45, 2.75) is 64.7 Å². The monoisotopic (exact) mass is 317 g/mol. The number of aliphatic hydroxyl groups is 1. The molecule has 3 rings (SSSR count). The fraction of sp³-hybridized carbons (Fsp3) is 0.632. The average molecular weight is 317 g/mol. The molecule has 0 bridgehead atoms. The van der Waals surface area contributed by atoms with Gasteiger partial charge in [0, 0.05) is 0 Å². The lowest BCUT2D eigenvalue weighted by Crippen LogP contribution is -2.28. The molecule has 0 unspecified atom stereocenters. The van der Waals surface area contributed by atoms with E-state index in [-0.39, 0.29) is 0 Å². The van der Waals surface area contributed by atoms with Crippen LogP contribution in [0.15, 0.2) is 18.5 Å². The Labute approximate surface area is 138 Å². The molecule has 1 atom stereocenters. The minimum atomic E-state index is -0.464. The first kappa shape index (κ1) is 16.5. The minimum Gasteiger partial charge on any atom is -0.387 e. The van der Waals surface area contributed by atoms with Gasteiger partial charge in [-0.15, -0.1) is 0 Å². The van der Waals surface area contributed by atoms with Gasteiger partial charge in [-0.2, -0.15) is 0 Å². The lowest BCUT2D eigenvalue weighted by atomic mass is 9.98. The molecule has 1 aromatic heterocycles. The average Bonchev–Trinajstić information content (AvgIpc) is 2.82. The van der Waals surface area contributed by atoms with Crippen LogP contribution in [0.25, 0.3) is 11.0 Å². The zero-order valence-electron chi connectivity index (χ0n) is 14.6. The maximum absolute atomic E-state index is 10.4. The van der Waals surface area contributed by atoms with E-state index in [1.165, 1.54) is 41.4 Å². The van der Waals surface area contributed by atoms with Crippen LogP contribution in [0, 0.1) is 13.8 Å². The molecule has 0 aliphatic heterocycles. The molecular weight excluding hydrogens is 288 g/mol. The van der Waals surface area contributed by atoms with Crippen LogP contribution in [0.4, 0.5) is 0 Å². The summed E-state index contributed by atoms with van der Waals surface area (Å²) in [6.07, 6.45) is 8.09. The van der Waals surface area contributed by atoms with Crippen molar-refractivity contribution in [2.24, 2.45) is 7.05 Å². The number of fused-ring (bicyclic) bond motifs is 1. The first-order valence-corrected chi connectivity index (χ1v) is 8.80. The summed E-state index contributed by atoms with van der Waals surface area (Å²) in [4.78, 5) is 0. The minimum absolute atomic E-state index is 0.348. The Morgan fingerprint density at radius 1 is 1.22 bits per heavy atom. The van der Waals surface area contributed by atoms with Crippen LogP contribution < -0.4 is 4.57 Å². The van der Waals surface area contributed by atoms with Crippen molar-refractivity contribution < 1.29 is 14.4 Å². The predicted octanol–water partition coefficient (Wildman–Crippen LogP) is 2.79. The second-order valence-electron chi connectivity index (χ2n) is 7.05. The quantitative estimate of drug-likeness (QED) is 0.861. The third-order valence-corrected chi connectivity index (χ3v) is 5.08. The zero-order valence-corrected chi connectivity index (χ0v) is 14.6. The van der Waals surface area contributed by atoms with Crippen molar-refractivity contribution in [3.8, 4) is 0 Å². The van der Waals surface area contributed by atoms with E-state index in [4.69, 9.17) is 4.74 Å². The predicted molar refractivity (Wildman–Crippen MR) is 91.4 cm³/mol. The third-order valence-electron chi connectivity index (χ3n) is 5.08. The van der Waals surface area contributed by atoms with Gasteiger partial charge in [-0.3, -0.25) is 0 Å². The molecule has 23 heavy (non-hydrogen) atoms. The van der Waals surface area contributed by atoms with Crippen molar-refractivity contribution >= 4 is 11.0 Å². The highest BCUT2D eigenvalue weighted by Gasteiger charge is 2.20. The molecule has 1 aliphatic rings. The van der Waals surface area contributed by atoms with Crippen molar-refractivity contribution in [1.82, 2.24) is 4.57 Å². The fourth-order valence-electron chi connectivity index (χ4n) is 3.54. The van der Waals surface area contributed by atoms with Crippen molar-refractivity contribution in [2.75, 3.05) is 6.61 Å². The summed E-state index contributed by atoms with van der Waals surface area (Å²) in [7, 11) is 2.05. The summed E-state index contributed by atoms with van der Waals surface area (Å²) in [5.41, 5.74) is 4.96. The van der Waals surface area contributed by atoms with Crippen LogP contribution in [0.5, 0.6) is 0 Å². The summed E-state index contributed by atoms with van der Waals surface area (Å²) >= 11 is 0. The van der Waals surface area contributed by atoms with Gasteiger partial charge in [0.2, 0.25) is 6.33 Å². The number of rotatable bonds is 5. The number of ether oxygens (including phenoxy) is 1. The van der Waals surface area contributed by atoms with Crippen LogP contribution in [-0.4, -0.2) is 28.5 Å². The van der Waals surface area contributed by atoms with E-state index in [1.54, 1.807) is 0 Å². The standard InChI is InChI=1S/C19H29N2O2/c1-14-9-18-19(10-15(14)2)21(13-20(18)3)11-16(22)12-23-17-7-5-4-6-8-17/h9-10,13,16-17,22H,4-8,11-12H2,1-3H3/q+1/t16-/m1/s1. The van der Waals surface area contributed by atoms with Crippen molar-refractivity contribution in [3.05, 3.63) is 29.6 Å². The molecule has 126 valence electrons. The van der Waals surface area contributed by atoms with E-state index in [9.17, 15) is 5.11 Å². The summed E-state index contributed by atoms with van der Waals surface area (Å²) < 4.78 is 10.2. The number of benzene rings is 1. The van der Waals surface area contributed by atoms with Gasteiger partial charge >= 0.3 is 0 Å². The van der Waals surface area contributed by atoms with E-state index in [0.29, 0.717) is 19.3 Å². The Kier molecular flexibility index (Phi) is 5.02. The fourth-order valence-corrected chi connectivity index (χ4v) is 3.54. The molecule has 1 saturated carbocycles. The molecule has 0 radical (unpaired) electrons. The summed E-state index contributed by atoms with van der Waals surface area (Å²) in [5, 5.41) is 10.4. The van der Waals surface area contributed by atoms with Crippen molar-refractivity contribution in [3.63, 3.8) is 0 Å². The van der Waals surface area contributed by atoms with Crippen LogP contribution in [0.2, 0.25) is 0 Å². The second kappa shape index (κ2) is 7.02. The number of nitrogens with zero attached hydrogens (tertiary/aromatic N) is 2. The molecular formula is C19H29N2O2+. The Hall–Kier alpha value is -1.39. The van der Waals surface area contributed by atoms with E-state index in [0.717, 1.165) is 12.8 Å². The normalized spacial score (nSPS) is 17.7. The molecule has 2 aromatic rings. The van der Waals surface area contributed by atoms with Crippen LogP contribution in [0.1, 0.15) is 43.2 Å². The third kappa shape index (κ3) is 3.75. The van der Waals surface area contributed by atoms with Gasteiger partial charge in [-0.05, 0) is 49.9 Å². The number of hydrogen-bond donors (Lipinski definition) is 1. The molecule has 0 spiro atoms. The summed E-state index contributed by atoms with van der Waals surface area (Å²) in [5.74, 6) is 0. The first-order valence-electron chi connectivity index (χ1n) is 8.80. The van der Waals surface area contributed by atoms with E-state index in [1.807, 2.05) is 0 Å². The van der Waals surface area contributed by atoms with Crippen LogP contribution >= 0.6 is 0 Å². The van der Waals surface area contributed by atoms with E-state index < -0.39 is 6.10 Å². The number of aromatic nitrogens is 2. The number of hydrogen-bond acceptors (Lipinski definition) is 2. The highest BCUT2D eigenvalue weighted by molar-refractivity contribution is 5.74. The van der Waals surface area contributed by atoms with Crippen LogP contribution in [-0.2, 0) is 18.3 Å². The van der Waals surface area contributed by atoms with Gasteiger partial charge in [0.05, 0.1) is 19.8 Å². The topological polar surface area (TPSA) is 38.3 Å². The lowest BCUT2D eigenvalue weighted by molar-refractivity contribution is -0.645. The number of imidazole rings is 1. The van der Waals surface area contributed by atoms with Gasteiger partial charge in [0.15, 0.2) is 11.0 Å². The molecule has 1 fully saturated rings. The largest absolute Gasteiger partial charge is 0.387 e. The Bertz CT molecular complexity index is 672. The SMILES string of the molecule is Cc1cc2c(cc1C)[n+](C)cn2C[C@@H](O)COC1CCCCC1. The first-order chi connectivity index (χ1) is 11.0. The molecule has 4 nitrogen and oxygen atoms in total. The maximum Gasteiger partial charge on any atom is 0.244 e. The Balaban J connectivity index is 1.67. The van der Waals surface area contributed by atoms with Gasteiger partial charge in [-0.25, -0.2) is 9.13 Å². The zero-order chi connectivity index (χ0) is 16.4. The van der Waals surface area contributed by atoms with E-state index >= 15 is 0 Å². The van der Waals surface area contributed by atoms with Gasteiger partial charge in [0.25, 0.3) is 0 Å². The molecule has 1 N–H and O–H groups in total.